The second-order valence-electron chi connectivity index (χ2n) is 4.22. The lowest BCUT2D eigenvalue weighted by Crippen LogP contribution is -2.10. The number of thiocarbonyl (C=S) groups is 1. The highest BCUT2D eigenvalue weighted by atomic mass is 32.1. The molecule has 0 spiro atoms. The number of ether oxygens (including phenoxy) is 1. The molecule has 0 fully saturated rings. The average Bonchev–Trinajstić information content (AvgIpc) is 2.46. The van der Waals surface area contributed by atoms with Gasteiger partial charge in [-0.15, -0.1) is 0 Å². The molecule has 0 unspecified atom stereocenters. The molecule has 0 aliphatic carbocycles. The van der Waals surface area contributed by atoms with E-state index in [4.69, 9.17) is 22.7 Å². The van der Waals surface area contributed by atoms with Gasteiger partial charge in [-0.1, -0.05) is 30.4 Å². The zero-order valence-electron chi connectivity index (χ0n) is 11.0. The fourth-order valence-corrected chi connectivity index (χ4v) is 1.98. The third kappa shape index (κ3) is 3.24. The number of rotatable bonds is 5. The van der Waals surface area contributed by atoms with Crippen LogP contribution in [0.4, 0.5) is 10.1 Å². The van der Waals surface area contributed by atoms with Crippen LogP contribution in [0.5, 0.6) is 5.75 Å². The summed E-state index contributed by atoms with van der Waals surface area (Å²) in [6.45, 7) is 0.466. The summed E-state index contributed by atoms with van der Waals surface area (Å²) >= 11 is 4.81. The maximum Gasteiger partial charge on any atom is 0.146 e. The number of hydrogen-bond donors (Lipinski definition) is 2. The Labute approximate surface area is 122 Å². The minimum Gasteiger partial charge on any atom is -0.496 e. The van der Waals surface area contributed by atoms with Crippen molar-refractivity contribution in [1.82, 2.24) is 0 Å². The Morgan fingerprint density at radius 1 is 1.30 bits per heavy atom. The highest BCUT2D eigenvalue weighted by Crippen LogP contribution is 2.21. The van der Waals surface area contributed by atoms with Crippen molar-refractivity contribution >= 4 is 22.9 Å². The largest absolute Gasteiger partial charge is 0.496 e. The lowest BCUT2D eigenvalue weighted by molar-refractivity contribution is 0.410. The minimum absolute atomic E-state index is 0.181. The Morgan fingerprint density at radius 3 is 2.70 bits per heavy atom. The van der Waals surface area contributed by atoms with Crippen LogP contribution in [0, 0.1) is 5.82 Å². The topological polar surface area (TPSA) is 47.3 Å². The van der Waals surface area contributed by atoms with Gasteiger partial charge in [0.25, 0.3) is 0 Å². The van der Waals surface area contributed by atoms with E-state index in [1.54, 1.807) is 19.2 Å². The van der Waals surface area contributed by atoms with Gasteiger partial charge in [-0.3, -0.25) is 0 Å². The summed E-state index contributed by atoms with van der Waals surface area (Å²) in [4.78, 5) is 0.181. The summed E-state index contributed by atoms with van der Waals surface area (Å²) in [6, 6.07) is 12.2. The molecule has 3 nitrogen and oxygen atoms in total. The molecule has 5 heteroatoms. The molecular weight excluding hydrogens is 275 g/mol. The molecule has 2 rings (SSSR count). The van der Waals surface area contributed by atoms with E-state index in [0.717, 1.165) is 11.3 Å². The van der Waals surface area contributed by atoms with Gasteiger partial charge in [0, 0.05) is 17.7 Å². The molecule has 0 aromatic heterocycles. The molecule has 0 saturated carbocycles. The van der Waals surface area contributed by atoms with Gasteiger partial charge in [0.2, 0.25) is 0 Å². The lowest BCUT2D eigenvalue weighted by Gasteiger charge is -2.11. The van der Waals surface area contributed by atoms with Crippen LogP contribution in [0.15, 0.2) is 42.5 Å². The highest BCUT2D eigenvalue weighted by Gasteiger charge is 2.06. The summed E-state index contributed by atoms with van der Waals surface area (Å²) < 4.78 is 19.1. The number of para-hydroxylation sites is 1. The molecule has 2 aromatic rings. The van der Waals surface area contributed by atoms with Gasteiger partial charge in [0.15, 0.2) is 0 Å². The zero-order valence-corrected chi connectivity index (χ0v) is 11.8. The molecular formula is C15H15FN2OS. The van der Waals surface area contributed by atoms with E-state index in [9.17, 15) is 4.39 Å². The third-order valence-corrected chi connectivity index (χ3v) is 3.15. The van der Waals surface area contributed by atoms with Crippen LogP contribution in [0.1, 0.15) is 11.1 Å². The first kappa shape index (κ1) is 14.3. The van der Waals surface area contributed by atoms with E-state index in [0.29, 0.717) is 17.8 Å². The first-order chi connectivity index (χ1) is 9.61. The SMILES string of the molecule is COc1ccccc1CNc1ccc(C(N)=S)cc1F. The third-order valence-electron chi connectivity index (χ3n) is 2.92. The predicted octanol–water partition coefficient (Wildman–Crippen LogP) is 3.08. The summed E-state index contributed by atoms with van der Waals surface area (Å²) in [6.07, 6.45) is 0. The van der Waals surface area contributed by atoms with Gasteiger partial charge >= 0.3 is 0 Å². The monoisotopic (exact) mass is 290 g/mol. The fourth-order valence-electron chi connectivity index (χ4n) is 1.85. The smallest absolute Gasteiger partial charge is 0.146 e. The lowest BCUT2D eigenvalue weighted by atomic mass is 10.1. The first-order valence-electron chi connectivity index (χ1n) is 6.07. The van der Waals surface area contributed by atoms with Crippen LogP contribution in [0.2, 0.25) is 0 Å². The summed E-state index contributed by atoms with van der Waals surface area (Å²) in [7, 11) is 1.61. The van der Waals surface area contributed by atoms with Crippen molar-refractivity contribution in [1.29, 1.82) is 0 Å². The van der Waals surface area contributed by atoms with E-state index >= 15 is 0 Å². The van der Waals surface area contributed by atoms with Crippen LogP contribution in [-0.2, 0) is 6.54 Å². The minimum atomic E-state index is -0.384. The highest BCUT2D eigenvalue weighted by molar-refractivity contribution is 7.80. The molecule has 0 bridgehead atoms. The van der Waals surface area contributed by atoms with Crippen LogP contribution >= 0.6 is 12.2 Å². The Kier molecular flexibility index (Phi) is 4.53. The number of hydrogen-bond acceptors (Lipinski definition) is 3. The van der Waals surface area contributed by atoms with Crippen molar-refractivity contribution in [2.24, 2.45) is 5.73 Å². The molecule has 20 heavy (non-hydrogen) atoms. The molecule has 0 aliphatic rings. The van der Waals surface area contributed by atoms with Crippen LogP contribution in [0.3, 0.4) is 0 Å². The van der Waals surface area contributed by atoms with E-state index in [1.165, 1.54) is 6.07 Å². The Morgan fingerprint density at radius 2 is 2.05 bits per heavy atom. The number of nitrogens with one attached hydrogen (secondary N) is 1. The molecule has 0 amide bonds. The summed E-state index contributed by atoms with van der Waals surface area (Å²) in [5, 5.41) is 3.03. The van der Waals surface area contributed by atoms with Crippen molar-refractivity contribution in [2.45, 2.75) is 6.54 Å². The van der Waals surface area contributed by atoms with Gasteiger partial charge in [-0.25, -0.2) is 4.39 Å². The Bertz CT molecular complexity index is 631. The predicted molar refractivity (Wildman–Crippen MR) is 82.6 cm³/mol. The summed E-state index contributed by atoms with van der Waals surface area (Å²) in [5.41, 5.74) is 7.33. The van der Waals surface area contributed by atoms with E-state index in [-0.39, 0.29) is 10.8 Å². The molecule has 2 aromatic carbocycles. The number of methoxy groups -OCH3 is 1. The van der Waals surface area contributed by atoms with Crippen molar-refractivity contribution in [3.05, 3.63) is 59.4 Å². The molecule has 104 valence electrons. The van der Waals surface area contributed by atoms with Gasteiger partial charge in [0.1, 0.15) is 16.6 Å². The zero-order chi connectivity index (χ0) is 14.5. The molecule has 0 aliphatic heterocycles. The second kappa shape index (κ2) is 6.34. The maximum atomic E-state index is 13.9. The molecule has 3 N–H and O–H groups in total. The quantitative estimate of drug-likeness (QED) is 0.831. The normalized spacial score (nSPS) is 10.1. The standard InChI is InChI=1S/C15H15FN2OS/c1-19-14-5-3-2-4-11(14)9-18-13-7-6-10(15(17)20)8-12(13)16/h2-8,18H,9H2,1H3,(H2,17,20). The number of halogens is 1. The Hall–Kier alpha value is -2.14. The number of nitrogens with two attached hydrogens (primary N) is 1. The summed E-state index contributed by atoms with van der Waals surface area (Å²) in [5.74, 6) is 0.380. The Balaban J connectivity index is 2.13. The van der Waals surface area contributed by atoms with Crippen LogP contribution < -0.4 is 15.8 Å². The van der Waals surface area contributed by atoms with E-state index in [1.807, 2.05) is 24.3 Å². The van der Waals surface area contributed by atoms with Crippen LogP contribution in [-0.4, -0.2) is 12.1 Å². The second-order valence-corrected chi connectivity index (χ2v) is 4.66. The average molecular weight is 290 g/mol. The van der Waals surface area contributed by atoms with E-state index in [2.05, 4.69) is 5.32 Å². The van der Waals surface area contributed by atoms with Gasteiger partial charge in [-0.05, 0) is 24.3 Å². The van der Waals surface area contributed by atoms with Crippen molar-refractivity contribution in [3.8, 4) is 5.75 Å². The molecule has 0 heterocycles. The van der Waals surface area contributed by atoms with Gasteiger partial charge in [0.05, 0.1) is 12.8 Å². The van der Waals surface area contributed by atoms with Gasteiger partial charge in [-0.2, -0.15) is 0 Å². The molecule has 0 saturated heterocycles. The number of benzene rings is 2. The van der Waals surface area contributed by atoms with Crippen molar-refractivity contribution in [3.63, 3.8) is 0 Å². The first-order valence-corrected chi connectivity index (χ1v) is 6.47. The van der Waals surface area contributed by atoms with E-state index < -0.39 is 0 Å². The maximum absolute atomic E-state index is 13.9. The number of anilines is 1. The van der Waals surface area contributed by atoms with Crippen molar-refractivity contribution < 1.29 is 9.13 Å². The molecule has 0 atom stereocenters. The van der Waals surface area contributed by atoms with Crippen LogP contribution in [0.25, 0.3) is 0 Å². The fraction of sp³-hybridized carbons (Fsp3) is 0.133. The molecule has 0 radical (unpaired) electrons. The van der Waals surface area contributed by atoms with Crippen molar-refractivity contribution in [2.75, 3.05) is 12.4 Å². The van der Waals surface area contributed by atoms with Gasteiger partial charge < -0.3 is 15.8 Å².